The van der Waals surface area contributed by atoms with Crippen LogP contribution in [0.2, 0.25) is 0 Å². The van der Waals surface area contributed by atoms with E-state index in [9.17, 15) is 9.59 Å². The first kappa shape index (κ1) is 12.8. The van der Waals surface area contributed by atoms with E-state index < -0.39 is 0 Å². The van der Waals surface area contributed by atoms with E-state index in [4.69, 9.17) is 0 Å². The first-order chi connectivity index (χ1) is 8.49. The van der Waals surface area contributed by atoms with Crippen molar-refractivity contribution in [3.8, 4) is 0 Å². The number of imide groups is 1. The molecule has 4 heteroatoms. The van der Waals surface area contributed by atoms with Gasteiger partial charge in [-0.1, -0.05) is 29.8 Å². The molecule has 18 heavy (non-hydrogen) atoms. The molecule has 1 aliphatic heterocycles. The molecule has 1 fully saturated rings. The third-order valence-electron chi connectivity index (χ3n) is 3.44. The topological polar surface area (TPSA) is 40.6 Å². The zero-order chi connectivity index (χ0) is 13.3. The van der Waals surface area contributed by atoms with Gasteiger partial charge in [-0.2, -0.15) is 0 Å². The highest BCUT2D eigenvalue weighted by Crippen LogP contribution is 2.18. The minimum Gasteiger partial charge on any atom is -0.290 e. The number of likely N-dealkylation sites (tertiary alicyclic amines) is 1. The van der Waals surface area contributed by atoms with Crippen LogP contribution in [0.15, 0.2) is 24.3 Å². The molecule has 1 atom stereocenters. The number of carbonyl (C=O) groups excluding carboxylic acids is 2. The molecule has 0 bridgehead atoms. The molecule has 4 nitrogen and oxygen atoms in total. The van der Waals surface area contributed by atoms with Crippen LogP contribution in [0.4, 0.5) is 0 Å². The summed E-state index contributed by atoms with van der Waals surface area (Å²) in [6.07, 6.45) is 0.289. The van der Waals surface area contributed by atoms with Crippen molar-refractivity contribution in [1.29, 1.82) is 0 Å². The fraction of sp³-hybridized carbons (Fsp3) is 0.429. The average molecular weight is 246 g/mol. The molecule has 0 spiro atoms. The van der Waals surface area contributed by atoms with Crippen molar-refractivity contribution in [2.24, 2.45) is 0 Å². The van der Waals surface area contributed by atoms with Crippen molar-refractivity contribution in [1.82, 2.24) is 9.80 Å². The minimum absolute atomic E-state index is 0.0965. The normalized spacial score (nSPS) is 20.0. The van der Waals surface area contributed by atoms with Crippen LogP contribution in [0, 0.1) is 6.92 Å². The molecular weight excluding hydrogens is 228 g/mol. The van der Waals surface area contributed by atoms with Crippen molar-refractivity contribution >= 4 is 11.8 Å². The highest BCUT2D eigenvalue weighted by molar-refractivity contribution is 6.05. The quantitative estimate of drug-likeness (QED) is 0.752. The summed E-state index contributed by atoms with van der Waals surface area (Å²) in [4.78, 5) is 26.5. The van der Waals surface area contributed by atoms with Gasteiger partial charge in [0, 0.05) is 13.6 Å². The first-order valence-corrected chi connectivity index (χ1v) is 6.05. The zero-order valence-corrected chi connectivity index (χ0v) is 11.0. The van der Waals surface area contributed by atoms with Crippen LogP contribution < -0.4 is 0 Å². The molecule has 1 saturated heterocycles. The number of amides is 2. The van der Waals surface area contributed by atoms with Crippen molar-refractivity contribution in [2.75, 3.05) is 14.1 Å². The van der Waals surface area contributed by atoms with Gasteiger partial charge < -0.3 is 0 Å². The van der Waals surface area contributed by atoms with Gasteiger partial charge in [0.2, 0.25) is 11.8 Å². The van der Waals surface area contributed by atoms with Gasteiger partial charge in [-0.05, 0) is 19.5 Å². The highest BCUT2D eigenvalue weighted by atomic mass is 16.2. The van der Waals surface area contributed by atoms with Gasteiger partial charge in [0.1, 0.15) is 0 Å². The summed E-state index contributed by atoms with van der Waals surface area (Å²) in [5.74, 6) is -0.199. The number of likely N-dealkylation sites (N-methyl/N-ethyl adjacent to an activating group) is 2. The molecule has 2 amide bonds. The maximum atomic E-state index is 11.9. The lowest BCUT2D eigenvalue weighted by molar-refractivity contribution is -0.137. The second-order valence-electron chi connectivity index (χ2n) is 4.91. The molecule has 1 unspecified atom stereocenters. The van der Waals surface area contributed by atoms with Gasteiger partial charge in [0.15, 0.2) is 0 Å². The maximum Gasteiger partial charge on any atom is 0.246 e. The summed E-state index contributed by atoms with van der Waals surface area (Å²) >= 11 is 0. The number of hydrogen-bond donors (Lipinski definition) is 0. The van der Waals surface area contributed by atoms with E-state index in [-0.39, 0.29) is 24.3 Å². The van der Waals surface area contributed by atoms with Crippen LogP contribution in [0.3, 0.4) is 0 Å². The van der Waals surface area contributed by atoms with Crippen LogP contribution in [0.1, 0.15) is 17.5 Å². The average Bonchev–Trinajstić information content (AvgIpc) is 2.60. The van der Waals surface area contributed by atoms with Crippen molar-refractivity contribution in [3.05, 3.63) is 35.4 Å². The number of hydrogen-bond acceptors (Lipinski definition) is 3. The van der Waals surface area contributed by atoms with Crippen molar-refractivity contribution < 1.29 is 9.59 Å². The van der Waals surface area contributed by atoms with E-state index in [1.54, 1.807) is 7.05 Å². The smallest absolute Gasteiger partial charge is 0.246 e. The first-order valence-electron chi connectivity index (χ1n) is 6.05. The molecule has 1 heterocycles. The molecule has 96 valence electrons. The Kier molecular flexibility index (Phi) is 3.48. The highest BCUT2D eigenvalue weighted by Gasteiger charge is 2.38. The van der Waals surface area contributed by atoms with Crippen molar-refractivity contribution in [2.45, 2.75) is 25.9 Å². The second kappa shape index (κ2) is 4.90. The standard InChI is InChI=1S/C14H18N2O2/c1-10-4-6-11(7-5-10)9-15(2)12-8-13(17)16(3)14(12)18/h4-7,12H,8-9H2,1-3H3. The van der Waals surface area contributed by atoms with Gasteiger partial charge >= 0.3 is 0 Å². The Morgan fingerprint density at radius 3 is 2.39 bits per heavy atom. The lowest BCUT2D eigenvalue weighted by Crippen LogP contribution is -2.38. The SMILES string of the molecule is Cc1ccc(CN(C)C2CC(=O)N(C)C2=O)cc1. The van der Waals surface area contributed by atoms with Crippen LogP contribution in [0.5, 0.6) is 0 Å². The van der Waals surface area contributed by atoms with E-state index in [0.717, 1.165) is 5.56 Å². The molecule has 0 aliphatic carbocycles. The lowest BCUT2D eigenvalue weighted by Gasteiger charge is -2.22. The van der Waals surface area contributed by atoms with Gasteiger partial charge in [-0.25, -0.2) is 0 Å². The van der Waals surface area contributed by atoms with E-state index in [2.05, 4.69) is 24.3 Å². The monoisotopic (exact) mass is 246 g/mol. The van der Waals surface area contributed by atoms with Gasteiger partial charge in [-0.15, -0.1) is 0 Å². The van der Waals surface area contributed by atoms with E-state index in [0.29, 0.717) is 6.54 Å². The Hall–Kier alpha value is -1.68. The Bertz CT molecular complexity index is 467. The number of aryl methyl sites for hydroxylation is 1. The largest absolute Gasteiger partial charge is 0.290 e. The summed E-state index contributed by atoms with van der Waals surface area (Å²) in [7, 11) is 3.43. The van der Waals surface area contributed by atoms with Crippen LogP contribution >= 0.6 is 0 Å². The van der Waals surface area contributed by atoms with E-state index >= 15 is 0 Å². The number of carbonyl (C=O) groups is 2. The summed E-state index contributed by atoms with van der Waals surface area (Å²) in [6, 6.07) is 7.89. The number of rotatable bonds is 3. The van der Waals surface area contributed by atoms with Crippen LogP contribution in [-0.2, 0) is 16.1 Å². The Morgan fingerprint density at radius 1 is 1.28 bits per heavy atom. The Morgan fingerprint density at radius 2 is 1.89 bits per heavy atom. The number of benzene rings is 1. The summed E-state index contributed by atoms with van der Waals surface area (Å²) in [5, 5.41) is 0. The molecule has 2 rings (SSSR count). The van der Waals surface area contributed by atoms with Crippen LogP contribution in [-0.4, -0.2) is 41.8 Å². The molecule has 0 radical (unpaired) electrons. The summed E-state index contributed by atoms with van der Waals surface area (Å²) in [5.41, 5.74) is 2.37. The number of nitrogens with zero attached hydrogens (tertiary/aromatic N) is 2. The molecular formula is C14H18N2O2. The Balaban J connectivity index is 2.04. The third kappa shape index (κ3) is 2.43. The molecule has 1 aromatic carbocycles. The fourth-order valence-electron chi connectivity index (χ4n) is 2.17. The molecule has 1 aliphatic rings. The molecule has 0 aromatic heterocycles. The summed E-state index contributed by atoms with van der Waals surface area (Å²) in [6.45, 7) is 2.72. The predicted octanol–water partition coefficient (Wildman–Crippen LogP) is 1.18. The predicted molar refractivity (Wildman–Crippen MR) is 68.8 cm³/mol. The zero-order valence-electron chi connectivity index (χ0n) is 11.0. The second-order valence-corrected chi connectivity index (χ2v) is 4.91. The summed E-state index contributed by atoms with van der Waals surface area (Å²) < 4.78 is 0. The molecule has 0 saturated carbocycles. The van der Waals surface area contributed by atoms with Gasteiger partial charge in [0.05, 0.1) is 12.5 Å². The van der Waals surface area contributed by atoms with Crippen LogP contribution in [0.25, 0.3) is 0 Å². The third-order valence-corrected chi connectivity index (χ3v) is 3.44. The molecule has 1 aromatic rings. The fourth-order valence-corrected chi connectivity index (χ4v) is 2.17. The van der Waals surface area contributed by atoms with Gasteiger partial charge in [0.25, 0.3) is 0 Å². The van der Waals surface area contributed by atoms with E-state index in [1.807, 2.05) is 18.9 Å². The van der Waals surface area contributed by atoms with Crippen molar-refractivity contribution in [3.63, 3.8) is 0 Å². The molecule has 0 N–H and O–H groups in total. The van der Waals surface area contributed by atoms with E-state index in [1.165, 1.54) is 10.5 Å². The lowest BCUT2D eigenvalue weighted by atomic mass is 10.1. The minimum atomic E-state index is -0.316. The Labute approximate surface area is 107 Å². The maximum absolute atomic E-state index is 11.9. The van der Waals surface area contributed by atoms with Gasteiger partial charge in [-0.3, -0.25) is 19.4 Å².